The molecule has 0 saturated heterocycles. The Morgan fingerprint density at radius 1 is 1.64 bits per heavy atom. The maximum Gasteiger partial charge on any atom is 0.345 e. The quantitative estimate of drug-likeness (QED) is 0.743. The summed E-state index contributed by atoms with van der Waals surface area (Å²) < 4.78 is 0. The number of rotatable bonds is 3. The van der Waals surface area contributed by atoms with Gasteiger partial charge in [-0.1, -0.05) is 0 Å². The fourth-order valence-electron chi connectivity index (χ4n) is 0.720. The van der Waals surface area contributed by atoms with Gasteiger partial charge >= 0.3 is 5.97 Å². The molecule has 0 aliphatic rings. The molecule has 0 saturated carbocycles. The zero-order valence-corrected chi connectivity index (χ0v) is 7.28. The van der Waals surface area contributed by atoms with Crippen LogP contribution < -0.4 is 0 Å². The van der Waals surface area contributed by atoms with Gasteiger partial charge in [0.2, 0.25) is 0 Å². The van der Waals surface area contributed by atoms with E-state index in [1.165, 1.54) is 11.3 Å². The van der Waals surface area contributed by atoms with Crippen LogP contribution in [0, 0.1) is 0 Å². The van der Waals surface area contributed by atoms with Crippen molar-refractivity contribution in [3.63, 3.8) is 0 Å². The normalized spacial score (nSPS) is 9.91. The van der Waals surface area contributed by atoms with Crippen LogP contribution in [0.25, 0.3) is 0 Å². The molecule has 11 heavy (non-hydrogen) atoms. The Labute approximate surface area is 73.4 Å². The van der Waals surface area contributed by atoms with E-state index in [4.69, 9.17) is 16.7 Å². The van der Waals surface area contributed by atoms with Gasteiger partial charge in [0.05, 0.1) is 0 Å². The molecule has 0 atom stereocenters. The van der Waals surface area contributed by atoms with Crippen LogP contribution in [0.5, 0.6) is 0 Å². The van der Waals surface area contributed by atoms with Gasteiger partial charge in [-0.3, -0.25) is 0 Å². The van der Waals surface area contributed by atoms with Crippen molar-refractivity contribution in [3.05, 3.63) is 21.9 Å². The second-order valence-electron chi connectivity index (χ2n) is 2.01. The summed E-state index contributed by atoms with van der Waals surface area (Å²) in [5.74, 6) is -0.324. The Bertz CT molecular complexity index is 257. The van der Waals surface area contributed by atoms with Gasteiger partial charge in [0.25, 0.3) is 0 Å². The molecule has 0 aromatic carbocycles. The highest BCUT2D eigenvalue weighted by atomic mass is 35.5. The molecule has 1 heterocycles. The molecular formula is C7H7ClO2S. The van der Waals surface area contributed by atoms with E-state index in [-0.39, 0.29) is 0 Å². The maximum atomic E-state index is 10.4. The van der Waals surface area contributed by atoms with Gasteiger partial charge in [0, 0.05) is 10.8 Å². The van der Waals surface area contributed by atoms with Crippen LogP contribution in [0.1, 0.15) is 14.5 Å². The number of alkyl halides is 1. The average molecular weight is 191 g/mol. The predicted octanol–water partition coefficient (Wildman–Crippen LogP) is 2.23. The first-order valence-corrected chi connectivity index (χ1v) is 4.47. The maximum absolute atomic E-state index is 10.4. The second kappa shape index (κ2) is 3.74. The van der Waals surface area contributed by atoms with Crippen molar-refractivity contribution >= 4 is 28.9 Å². The third-order valence-corrected chi connectivity index (χ3v) is 2.54. The van der Waals surface area contributed by atoms with Gasteiger partial charge in [0.1, 0.15) is 4.88 Å². The summed E-state index contributed by atoms with van der Waals surface area (Å²) in [4.78, 5) is 11.8. The molecule has 0 unspecified atom stereocenters. The molecule has 0 aliphatic heterocycles. The monoisotopic (exact) mass is 190 g/mol. The smallest absolute Gasteiger partial charge is 0.345 e. The number of carboxylic acid groups (broad SMARTS) is 1. The summed E-state index contributed by atoms with van der Waals surface area (Å²) in [6, 6.07) is 3.41. The second-order valence-corrected chi connectivity index (χ2v) is 3.56. The van der Waals surface area contributed by atoms with E-state index in [2.05, 4.69) is 0 Å². The molecule has 60 valence electrons. The lowest BCUT2D eigenvalue weighted by molar-refractivity contribution is 0.0702. The lowest BCUT2D eigenvalue weighted by Gasteiger charge is -1.86. The molecule has 1 aromatic rings. The highest BCUT2D eigenvalue weighted by molar-refractivity contribution is 7.13. The minimum Gasteiger partial charge on any atom is -0.477 e. The van der Waals surface area contributed by atoms with Gasteiger partial charge in [-0.15, -0.1) is 22.9 Å². The Kier molecular flexibility index (Phi) is 2.91. The molecule has 0 amide bonds. The number of hydrogen-bond acceptors (Lipinski definition) is 2. The first-order chi connectivity index (χ1) is 5.24. The summed E-state index contributed by atoms with van der Waals surface area (Å²) in [6.45, 7) is 0. The molecule has 4 heteroatoms. The van der Waals surface area contributed by atoms with E-state index < -0.39 is 5.97 Å². The zero-order valence-electron chi connectivity index (χ0n) is 5.71. The molecule has 1 N–H and O–H groups in total. The van der Waals surface area contributed by atoms with Gasteiger partial charge in [-0.25, -0.2) is 4.79 Å². The molecule has 0 spiro atoms. The predicted molar refractivity (Wildman–Crippen MR) is 45.7 cm³/mol. The number of halogens is 1. The lowest BCUT2D eigenvalue weighted by atomic mass is 10.4. The van der Waals surface area contributed by atoms with Crippen LogP contribution in [0.2, 0.25) is 0 Å². The van der Waals surface area contributed by atoms with Crippen molar-refractivity contribution in [2.24, 2.45) is 0 Å². The van der Waals surface area contributed by atoms with Gasteiger partial charge in [-0.2, -0.15) is 0 Å². The number of carbonyl (C=O) groups is 1. The fraction of sp³-hybridized carbons (Fsp3) is 0.286. The summed E-state index contributed by atoms with van der Waals surface area (Å²) in [5.41, 5.74) is 0. The average Bonchev–Trinajstić information content (AvgIpc) is 2.37. The van der Waals surface area contributed by atoms with Crippen LogP contribution in [-0.4, -0.2) is 17.0 Å². The largest absolute Gasteiger partial charge is 0.477 e. The molecule has 0 aliphatic carbocycles. The van der Waals surface area contributed by atoms with Crippen molar-refractivity contribution in [2.45, 2.75) is 6.42 Å². The van der Waals surface area contributed by atoms with Gasteiger partial charge < -0.3 is 5.11 Å². The van der Waals surface area contributed by atoms with Crippen molar-refractivity contribution in [3.8, 4) is 0 Å². The van der Waals surface area contributed by atoms with Crippen LogP contribution in [0.4, 0.5) is 0 Å². The number of hydrogen-bond donors (Lipinski definition) is 1. The van der Waals surface area contributed by atoms with Crippen LogP contribution in [0.3, 0.4) is 0 Å². The number of carboxylic acids is 1. The minimum absolute atomic E-state index is 0.380. The summed E-state index contributed by atoms with van der Waals surface area (Å²) in [6.07, 6.45) is 0.750. The third-order valence-electron chi connectivity index (χ3n) is 1.21. The first-order valence-electron chi connectivity index (χ1n) is 3.12. The molecule has 1 rings (SSSR count). The number of aryl methyl sites for hydroxylation is 1. The highest BCUT2D eigenvalue weighted by Crippen LogP contribution is 2.16. The fourth-order valence-corrected chi connectivity index (χ4v) is 1.88. The lowest BCUT2D eigenvalue weighted by Crippen LogP contribution is -1.89. The van der Waals surface area contributed by atoms with Crippen molar-refractivity contribution < 1.29 is 9.90 Å². The Balaban J connectivity index is 2.73. The van der Waals surface area contributed by atoms with Crippen LogP contribution in [-0.2, 0) is 6.42 Å². The van der Waals surface area contributed by atoms with Crippen LogP contribution >= 0.6 is 22.9 Å². The van der Waals surface area contributed by atoms with Gasteiger partial charge in [-0.05, 0) is 18.6 Å². The molecule has 2 nitrogen and oxygen atoms in total. The molecular weight excluding hydrogens is 184 g/mol. The van der Waals surface area contributed by atoms with Crippen LogP contribution in [0.15, 0.2) is 12.1 Å². The van der Waals surface area contributed by atoms with Crippen molar-refractivity contribution in [1.29, 1.82) is 0 Å². The van der Waals surface area contributed by atoms with E-state index in [9.17, 15) is 4.79 Å². The Hall–Kier alpha value is -0.540. The van der Waals surface area contributed by atoms with E-state index in [0.29, 0.717) is 10.8 Å². The number of thiophene rings is 1. The van der Waals surface area contributed by atoms with E-state index in [1.54, 1.807) is 12.1 Å². The summed E-state index contributed by atoms with van der Waals surface area (Å²) in [5, 5.41) is 8.54. The first kappa shape index (κ1) is 8.56. The summed E-state index contributed by atoms with van der Waals surface area (Å²) >= 11 is 6.77. The van der Waals surface area contributed by atoms with E-state index in [1.807, 2.05) is 0 Å². The van der Waals surface area contributed by atoms with E-state index in [0.717, 1.165) is 11.3 Å². The topological polar surface area (TPSA) is 37.3 Å². The molecule has 0 fully saturated rings. The zero-order chi connectivity index (χ0) is 8.27. The van der Waals surface area contributed by atoms with Gasteiger partial charge in [0.15, 0.2) is 0 Å². The van der Waals surface area contributed by atoms with Crippen molar-refractivity contribution in [1.82, 2.24) is 0 Å². The SMILES string of the molecule is O=C(O)c1ccc(CCCl)s1. The Morgan fingerprint density at radius 3 is 2.82 bits per heavy atom. The standard InChI is InChI=1S/C7H7ClO2S/c8-4-3-5-1-2-6(11-5)7(9)10/h1-2H,3-4H2,(H,9,10). The van der Waals surface area contributed by atoms with E-state index >= 15 is 0 Å². The molecule has 0 bridgehead atoms. The van der Waals surface area contributed by atoms with Crippen molar-refractivity contribution in [2.75, 3.05) is 5.88 Å². The molecule has 1 aromatic heterocycles. The minimum atomic E-state index is -0.865. The molecule has 0 radical (unpaired) electrons. The summed E-state index contributed by atoms with van der Waals surface area (Å²) in [7, 11) is 0. The number of aromatic carboxylic acids is 1. The highest BCUT2D eigenvalue weighted by Gasteiger charge is 2.05. The Morgan fingerprint density at radius 2 is 2.36 bits per heavy atom. The third kappa shape index (κ3) is 2.20.